The molecule has 0 spiro atoms. The maximum absolute atomic E-state index is 10.6. The Morgan fingerprint density at radius 1 is 1.33 bits per heavy atom. The van der Waals surface area contributed by atoms with E-state index in [2.05, 4.69) is 10.1 Å². The summed E-state index contributed by atoms with van der Waals surface area (Å²) in [6.07, 6.45) is -1.36. The normalized spacial score (nSPS) is 8.60. The van der Waals surface area contributed by atoms with Gasteiger partial charge in [0.15, 0.2) is 0 Å². The predicted molar refractivity (Wildman–Crippen MR) is 50.5 cm³/mol. The summed E-state index contributed by atoms with van der Waals surface area (Å²) in [5.74, 6) is 0.0310. The van der Waals surface area contributed by atoms with Crippen LogP contribution in [0.5, 0.6) is 5.75 Å². The van der Waals surface area contributed by atoms with Crippen molar-refractivity contribution in [2.75, 3.05) is 5.32 Å². The van der Waals surface area contributed by atoms with Crippen LogP contribution in [0.15, 0.2) is 24.3 Å². The molecule has 0 saturated heterocycles. The summed E-state index contributed by atoms with van der Waals surface area (Å²) in [6, 6.07) is 6.03. The second-order valence-electron chi connectivity index (χ2n) is 2.57. The minimum Gasteiger partial charge on any atom is -1.00 e. The molecule has 76 valence electrons. The van der Waals surface area contributed by atoms with Gasteiger partial charge in [0.25, 0.3) is 0 Å². The van der Waals surface area contributed by atoms with Crippen molar-refractivity contribution < 1.29 is 50.4 Å². The van der Waals surface area contributed by atoms with Gasteiger partial charge in [0, 0.05) is 12.6 Å². The number of carbonyl (C=O) groups excluding carboxylic acids is 1. The first-order valence-corrected chi connectivity index (χ1v) is 3.86. The van der Waals surface area contributed by atoms with Crippen LogP contribution in [0.4, 0.5) is 10.5 Å². The molecule has 0 aliphatic carbocycles. The SMILES string of the molecule is CC(=O)Nc1ccc(OC(=O)O)cc1.[H-].[Na+]. The van der Waals surface area contributed by atoms with Gasteiger partial charge in [0.2, 0.25) is 5.91 Å². The minimum absolute atomic E-state index is 0. The summed E-state index contributed by atoms with van der Waals surface area (Å²) >= 11 is 0. The second-order valence-corrected chi connectivity index (χ2v) is 2.57. The zero-order valence-corrected chi connectivity index (χ0v) is 10.5. The number of hydrogen-bond acceptors (Lipinski definition) is 3. The van der Waals surface area contributed by atoms with E-state index in [1.807, 2.05) is 0 Å². The summed E-state index contributed by atoms with van der Waals surface area (Å²) in [5, 5.41) is 10.8. The number of nitrogens with one attached hydrogen (secondary N) is 1. The fraction of sp³-hybridized carbons (Fsp3) is 0.111. The van der Waals surface area contributed by atoms with Gasteiger partial charge in [0.05, 0.1) is 0 Å². The van der Waals surface area contributed by atoms with Crippen LogP contribution in [0.2, 0.25) is 0 Å². The van der Waals surface area contributed by atoms with Crippen molar-refractivity contribution in [3.05, 3.63) is 24.3 Å². The quantitative estimate of drug-likeness (QED) is 0.373. The van der Waals surface area contributed by atoms with Crippen molar-refractivity contribution >= 4 is 17.7 Å². The van der Waals surface area contributed by atoms with Gasteiger partial charge >= 0.3 is 35.7 Å². The van der Waals surface area contributed by atoms with Crippen molar-refractivity contribution in [2.45, 2.75) is 6.92 Å². The number of amides is 1. The van der Waals surface area contributed by atoms with Gasteiger partial charge in [-0.25, -0.2) is 4.79 Å². The van der Waals surface area contributed by atoms with Gasteiger partial charge in [-0.1, -0.05) is 0 Å². The fourth-order valence-electron chi connectivity index (χ4n) is 0.910. The van der Waals surface area contributed by atoms with Crippen molar-refractivity contribution in [3.8, 4) is 5.75 Å². The molecular formula is C9H10NNaO4. The monoisotopic (exact) mass is 219 g/mol. The van der Waals surface area contributed by atoms with Crippen molar-refractivity contribution in [1.82, 2.24) is 0 Å². The van der Waals surface area contributed by atoms with E-state index in [4.69, 9.17) is 5.11 Å². The summed E-state index contributed by atoms with van der Waals surface area (Å²) in [5.41, 5.74) is 0.593. The van der Waals surface area contributed by atoms with Crippen LogP contribution in [-0.2, 0) is 4.79 Å². The minimum atomic E-state index is -1.36. The average molecular weight is 219 g/mol. The van der Waals surface area contributed by atoms with E-state index < -0.39 is 6.16 Å². The van der Waals surface area contributed by atoms with Crippen LogP contribution in [-0.4, -0.2) is 17.2 Å². The number of rotatable bonds is 2. The zero-order valence-electron chi connectivity index (χ0n) is 9.48. The molecule has 0 atom stereocenters. The molecule has 0 fully saturated rings. The van der Waals surface area contributed by atoms with Crippen LogP contribution in [0, 0.1) is 0 Å². The number of carbonyl (C=O) groups is 2. The van der Waals surface area contributed by atoms with Crippen molar-refractivity contribution in [3.63, 3.8) is 0 Å². The average Bonchev–Trinajstić information content (AvgIpc) is 2.06. The predicted octanol–water partition coefficient (Wildman–Crippen LogP) is -1.18. The van der Waals surface area contributed by atoms with Gasteiger partial charge in [-0.15, -0.1) is 0 Å². The molecule has 6 heteroatoms. The molecule has 0 unspecified atom stereocenters. The third-order valence-electron chi connectivity index (χ3n) is 1.38. The third kappa shape index (κ3) is 5.41. The molecule has 1 amide bonds. The molecule has 1 rings (SSSR count). The molecule has 0 radical (unpaired) electrons. The van der Waals surface area contributed by atoms with Gasteiger partial charge in [-0.3, -0.25) is 4.79 Å². The van der Waals surface area contributed by atoms with E-state index in [1.165, 1.54) is 19.1 Å². The summed E-state index contributed by atoms with van der Waals surface area (Å²) in [6.45, 7) is 1.39. The number of ether oxygens (including phenoxy) is 1. The Bertz CT molecular complexity index is 320. The largest absolute Gasteiger partial charge is 1.00 e. The fourth-order valence-corrected chi connectivity index (χ4v) is 0.910. The molecule has 1 aromatic rings. The number of benzene rings is 1. The Morgan fingerprint density at radius 2 is 1.87 bits per heavy atom. The topological polar surface area (TPSA) is 75.6 Å². The molecule has 15 heavy (non-hydrogen) atoms. The summed E-state index contributed by atoms with van der Waals surface area (Å²) in [4.78, 5) is 20.8. The molecular weight excluding hydrogens is 209 g/mol. The Kier molecular flexibility index (Phi) is 6.00. The summed E-state index contributed by atoms with van der Waals surface area (Å²) < 4.78 is 4.38. The number of carboxylic acid groups (broad SMARTS) is 1. The molecule has 0 saturated carbocycles. The van der Waals surface area contributed by atoms with Gasteiger partial charge < -0.3 is 16.6 Å². The van der Waals surface area contributed by atoms with E-state index in [0.29, 0.717) is 5.69 Å². The molecule has 2 N–H and O–H groups in total. The molecule has 1 aromatic carbocycles. The Labute approximate surface area is 110 Å². The maximum Gasteiger partial charge on any atom is 1.00 e. The van der Waals surface area contributed by atoms with Crippen LogP contribution in [0.3, 0.4) is 0 Å². The zero-order chi connectivity index (χ0) is 10.6. The van der Waals surface area contributed by atoms with Gasteiger partial charge in [-0.05, 0) is 24.3 Å². The first-order valence-electron chi connectivity index (χ1n) is 3.86. The third-order valence-corrected chi connectivity index (χ3v) is 1.38. The Morgan fingerprint density at radius 3 is 2.27 bits per heavy atom. The first kappa shape index (κ1) is 14.0. The van der Waals surface area contributed by atoms with E-state index >= 15 is 0 Å². The standard InChI is InChI=1S/C9H9NO4.Na.H/c1-6(11)10-7-2-4-8(5-3-7)14-9(12)13;;/h2-5H,1H3,(H,10,11)(H,12,13);;/q;+1;-1. The number of hydrogen-bond donors (Lipinski definition) is 2. The van der Waals surface area contributed by atoms with Crippen molar-refractivity contribution in [1.29, 1.82) is 0 Å². The smallest absolute Gasteiger partial charge is 1.00 e. The Balaban J connectivity index is 0. The van der Waals surface area contributed by atoms with E-state index in [0.717, 1.165) is 0 Å². The van der Waals surface area contributed by atoms with Crippen LogP contribution < -0.4 is 39.6 Å². The van der Waals surface area contributed by atoms with Crippen LogP contribution in [0.1, 0.15) is 8.35 Å². The van der Waals surface area contributed by atoms with Crippen molar-refractivity contribution in [2.24, 2.45) is 0 Å². The van der Waals surface area contributed by atoms with Crippen LogP contribution >= 0.6 is 0 Å². The molecule has 0 aliphatic heterocycles. The molecule has 0 aromatic heterocycles. The summed E-state index contributed by atoms with van der Waals surface area (Å²) in [7, 11) is 0. The van der Waals surface area contributed by atoms with Gasteiger partial charge in [0.1, 0.15) is 5.75 Å². The second kappa shape index (κ2) is 6.44. The van der Waals surface area contributed by atoms with Gasteiger partial charge in [-0.2, -0.15) is 0 Å². The molecule has 0 aliphatic rings. The molecule has 0 bridgehead atoms. The van der Waals surface area contributed by atoms with Crippen LogP contribution in [0.25, 0.3) is 0 Å². The number of anilines is 1. The van der Waals surface area contributed by atoms with E-state index in [-0.39, 0.29) is 42.6 Å². The van der Waals surface area contributed by atoms with E-state index in [1.54, 1.807) is 12.1 Å². The van der Waals surface area contributed by atoms with E-state index in [9.17, 15) is 9.59 Å². The first-order chi connectivity index (χ1) is 6.58. The molecule has 0 heterocycles. The molecule has 5 nitrogen and oxygen atoms in total. The Hall–Kier alpha value is -1.04. The maximum atomic E-state index is 10.6.